The third-order valence-electron chi connectivity index (χ3n) is 13.4. The van der Waals surface area contributed by atoms with E-state index in [0.717, 1.165) is 42.7 Å². The number of allylic oxidation sites excluding steroid dienone is 4. The second-order valence-corrected chi connectivity index (χ2v) is 17.2. The summed E-state index contributed by atoms with van der Waals surface area (Å²) in [4.78, 5) is 4.79. The van der Waals surface area contributed by atoms with Crippen molar-refractivity contribution in [2.75, 3.05) is 9.80 Å². The van der Waals surface area contributed by atoms with Crippen LogP contribution in [0.15, 0.2) is 158 Å². The molecule has 0 radical (unpaired) electrons. The van der Waals surface area contributed by atoms with Gasteiger partial charge in [-0.25, -0.2) is 0 Å². The van der Waals surface area contributed by atoms with Crippen LogP contribution < -0.4 is 9.80 Å². The largest absolute Gasteiger partial charge is 0.311 e. The van der Waals surface area contributed by atoms with Crippen molar-refractivity contribution >= 4 is 28.4 Å². The van der Waals surface area contributed by atoms with E-state index in [-0.39, 0.29) is 10.8 Å². The maximum atomic E-state index is 4.08. The first-order valence-corrected chi connectivity index (χ1v) is 21.6. The van der Waals surface area contributed by atoms with Crippen LogP contribution in [0.25, 0.3) is 11.1 Å². The molecule has 3 unspecified atom stereocenters. The zero-order chi connectivity index (χ0) is 40.7. The minimum Gasteiger partial charge on any atom is -0.311 e. The van der Waals surface area contributed by atoms with Gasteiger partial charge in [-0.3, -0.25) is 0 Å². The molecule has 0 spiro atoms. The van der Waals surface area contributed by atoms with Gasteiger partial charge in [0.05, 0.1) is 0 Å². The Hall–Kier alpha value is -5.08. The molecule has 0 heterocycles. The van der Waals surface area contributed by atoms with E-state index >= 15 is 0 Å². The Morgan fingerprint density at radius 1 is 0.596 bits per heavy atom. The summed E-state index contributed by atoms with van der Waals surface area (Å²) < 4.78 is 0. The Morgan fingerprint density at radius 3 is 1.44 bits per heavy atom. The van der Waals surface area contributed by atoms with Crippen LogP contribution >= 0.6 is 0 Å². The molecule has 3 atom stereocenters. The summed E-state index contributed by atoms with van der Waals surface area (Å²) in [5.41, 5.74) is 13.6. The lowest BCUT2D eigenvalue weighted by Crippen LogP contribution is -2.19. The molecule has 2 nitrogen and oxygen atoms in total. The van der Waals surface area contributed by atoms with E-state index in [9.17, 15) is 0 Å². The molecule has 2 heteroatoms. The van der Waals surface area contributed by atoms with Crippen molar-refractivity contribution in [1.82, 2.24) is 0 Å². The van der Waals surface area contributed by atoms with E-state index in [4.69, 9.17) is 0 Å². The zero-order valence-electron chi connectivity index (χ0n) is 36.2. The van der Waals surface area contributed by atoms with E-state index in [2.05, 4.69) is 218 Å². The average molecular weight is 755 g/mol. The molecule has 0 aliphatic heterocycles. The second-order valence-electron chi connectivity index (χ2n) is 17.2. The van der Waals surface area contributed by atoms with Crippen LogP contribution in [0.1, 0.15) is 117 Å². The van der Waals surface area contributed by atoms with E-state index in [1.807, 2.05) is 6.08 Å². The van der Waals surface area contributed by atoms with Crippen molar-refractivity contribution in [3.05, 3.63) is 175 Å². The van der Waals surface area contributed by atoms with Crippen LogP contribution in [0, 0.1) is 11.8 Å². The molecule has 0 amide bonds. The molecule has 6 rings (SSSR count). The first kappa shape index (κ1) is 41.6. The highest BCUT2D eigenvalue weighted by Crippen LogP contribution is 2.40. The third-order valence-corrected chi connectivity index (χ3v) is 13.4. The molecule has 0 saturated heterocycles. The average Bonchev–Trinajstić information content (AvgIpc) is 3.27. The lowest BCUT2D eigenvalue weighted by atomic mass is 9.78. The Morgan fingerprint density at radius 2 is 1.04 bits per heavy atom. The molecular weight excluding hydrogens is 689 g/mol. The van der Waals surface area contributed by atoms with Gasteiger partial charge in [0.2, 0.25) is 0 Å². The van der Waals surface area contributed by atoms with Crippen LogP contribution in [0.2, 0.25) is 0 Å². The lowest BCUT2D eigenvalue weighted by Gasteiger charge is -2.31. The SMILES string of the molecule is C=CC(C)(C)c1ccc(N(C2=CCC(C(C)CC)C=C2)c2ccc(-c3ccc(N(c4ccc(C(C)CC)cc4)c4ccc(C(C)(CC)CC)cc4)cc3)cc2)cc1. The summed E-state index contributed by atoms with van der Waals surface area (Å²) in [7, 11) is 0. The molecule has 0 bridgehead atoms. The van der Waals surface area contributed by atoms with Gasteiger partial charge in [-0.15, -0.1) is 6.58 Å². The van der Waals surface area contributed by atoms with Gasteiger partial charge in [0, 0.05) is 39.5 Å². The number of rotatable bonds is 16. The summed E-state index contributed by atoms with van der Waals surface area (Å²) in [5, 5.41) is 0. The summed E-state index contributed by atoms with van der Waals surface area (Å²) in [6.07, 6.45) is 14.8. The quantitative estimate of drug-likeness (QED) is 0.0926. The Balaban J connectivity index is 1.31. The molecule has 5 aromatic rings. The summed E-state index contributed by atoms with van der Waals surface area (Å²) in [5.74, 6) is 1.79. The number of hydrogen-bond donors (Lipinski definition) is 0. The molecule has 1 aliphatic rings. The number of benzene rings is 5. The van der Waals surface area contributed by atoms with Gasteiger partial charge in [-0.05, 0) is 143 Å². The van der Waals surface area contributed by atoms with Gasteiger partial charge in [0.15, 0.2) is 0 Å². The zero-order valence-corrected chi connectivity index (χ0v) is 36.2. The number of hydrogen-bond acceptors (Lipinski definition) is 2. The van der Waals surface area contributed by atoms with Crippen molar-refractivity contribution < 1.29 is 0 Å². The standard InChI is InChI=1S/C55H66N2/c1-11-40(6)42-16-28-48(29-17-42)56(52-36-24-46(25-37-52)54(8,9)13-3)50-32-20-44(21-33-50)45-22-34-51(35-23-45)57(49-30-18-43(19-31-49)41(7)12-2)53-38-26-47(27-39-53)55(10,14-4)15-5/h13,16,18-42H,3,11-12,14-15,17H2,1-2,4-10H3. The van der Waals surface area contributed by atoms with E-state index < -0.39 is 0 Å². The number of anilines is 5. The first-order chi connectivity index (χ1) is 27.4. The van der Waals surface area contributed by atoms with Gasteiger partial charge < -0.3 is 9.80 Å². The fraction of sp³-hybridized carbons (Fsp3) is 0.345. The third kappa shape index (κ3) is 9.07. The molecule has 57 heavy (non-hydrogen) atoms. The van der Waals surface area contributed by atoms with Crippen LogP contribution in [-0.4, -0.2) is 0 Å². The molecule has 0 fully saturated rings. The molecule has 1 aliphatic carbocycles. The monoisotopic (exact) mass is 755 g/mol. The maximum absolute atomic E-state index is 4.08. The minimum atomic E-state index is -0.0842. The number of nitrogens with zero attached hydrogens (tertiary/aromatic N) is 2. The first-order valence-electron chi connectivity index (χ1n) is 21.6. The van der Waals surface area contributed by atoms with Gasteiger partial charge in [0.1, 0.15) is 0 Å². The highest BCUT2D eigenvalue weighted by molar-refractivity contribution is 5.79. The molecule has 0 N–H and O–H groups in total. The van der Waals surface area contributed by atoms with Crippen molar-refractivity contribution in [2.24, 2.45) is 11.8 Å². The predicted octanol–water partition coefficient (Wildman–Crippen LogP) is 16.5. The molecule has 5 aromatic carbocycles. The Kier molecular flexibility index (Phi) is 13.1. The maximum Gasteiger partial charge on any atom is 0.0462 e. The fourth-order valence-corrected chi connectivity index (χ4v) is 8.03. The van der Waals surface area contributed by atoms with Gasteiger partial charge >= 0.3 is 0 Å². The summed E-state index contributed by atoms with van der Waals surface area (Å²) >= 11 is 0. The fourth-order valence-electron chi connectivity index (χ4n) is 8.03. The second kappa shape index (κ2) is 18.0. The topological polar surface area (TPSA) is 6.48 Å². The van der Waals surface area contributed by atoms with Crippen molar-refractivity contribution in [2.45, 2.75) is 111 Å². The Labute approximate surface area is 345 Å². The normalized spacial score (nSPS) is 15.5. The van der Waals surface area contributed by atoms with Crippen LogP contribution in [-0.2, 0) is 10.8 Å². The van der Waals surface area contributed by atoms with E-state index in [0.29, 0.717) is 17.8 Å². The summed E-state index contributed by atoms with van der Waals surface area (Å²) in [6, 6.07) is 45.6. The molecular formula is C55H66N2. The van der Waals surface area contributed by atoms with Crippen LogP contribution in [0.3, 0.4) is 0 Å². The van der Waals surface area contributed by atoms with Gasteiger partial charge in [-0.1, -0.05) is 148 Å². The molecule has 0 saturated carbocycles. The summed E-state index contributed by atoms with van der Waals surface area (Å²) in [6.45, 7) is 24.7. The lowest BCUT2D eigenvalue weighted by molar-refractivity contribution is 0.416. The van der Waals surface area contributed by atoms with Crippen molar-refractivity contribution in [1.29, 1.82) is 0 Å². The predicted molar refractivity (Wildman–Crippen MR) is 250 cm³/mol. The van der Waals surface area contributed by atoms with Crippen LogP contribution in [0.5, 0.6) is 0 Å². The van der Waals surface area contributed by atoms with Crippen LogP contribution in [0.4, 0.5) is 28.4 Å². The van der Waals surface area contributed by atoms with E-state index in [1.165, 1.54) is 51.3 Å². The van der Waals surface area contributed by atoms with Crippen molar-refractivity contribution in [3.8, 4) is 11.1 Å². The van der Waals surface area contributed by atoms with Crippen molar-refractivity contribution in [3.63, 3.8) is 0 Å². The van der Waals surface area contributed by atoms with E-state index in [1.54, 1.807) is 0 Å². The Bertz CT molecular complexity index is 2110. The van der Waals surface area contributed by atoms with Gasteiger partial charge in [-0.2, -0.15) is 0 Å². The van der Waals surface area contributed by atoms with Gasteiger partial charge in [0.25, 0.3) is 0 Å². The molecule has 296 valence electrons. The highest BCUT2D eigenvalue weighted by atomic mass is 15.1. The highest BCUT2D eigenvalue weighted by Gasteiger charge is 2.24. The smallest absolute Gasteiger partial charge is 0.0462 e. The minimum absolute atomic E-state index is 0.0842. The molecule has 0 aromatic heterocycles.